The summed E-state index contributed by atoms with van der Waals surface area (Å²) in [6.07, 6.45) is 0. The molecule has 0 spiro atoms. The molecule has 0 aromatic rings. The highest BCUT2D eigenvalue weighted by atomic mass is 32.9. The first-order valence-corrected chi connectivity index (χ1v) is 18.1. The van der Waals surface area contributed by atoms with Crippen LogP contribution in [0.5, 0.6) is 0 Å². The van der Waals surface area contributed by atoms with Crippen LogP contribution in [0.3, 0.4) is 0 Å². The van der Waals surface area contributed by atoms with Crippen molar-refractivity contribution in [2.45, 2.75) is 0 Å². The minimum Gasteiger partial charge on any atom is -0.378 e. The highest BCUT2D eigenvalue weighted by Gasteiger charge is 2.23. The Hall–Kier alpha value is 0.700. The van der Waals surface area contributed by atoms with Crippen LogP contribution in [-0.4, -0.2) is 114 Å². The van der Waals surface area contributed by atoms with Crippen LogP contribution in [0.15, 0.2) is 0 Å². The minimum atomic E-state index is -2.31. The van der Waals surface area contributed by atoms with E-state index in [4.69, 9.17) is 51.2 Å². The highest BCUT2D eigenvalue weighted by molar-refractivity contribution is 8.68. The van der Waals surface area contributed by atoms with Crippen LogP contribution in [0.1, 0.15) is 0 Å². The van der Waals surface area contributed by atoms with Crippen LogP contribution >= 0.6 is 34.2 Å². The number of hydrogen-bond donors (Lipinski definition) is 0. The lowest BCUT2D eigenvalue weighted by atomic mass is 10.4. The number of morpholine rings is 2. The number of hydrogen-bond acceptors (Lipinski definition) is 12. The van der Waals surface area contributed by atoms with Crippen molar-refractivity contribution < 1.29 is 37.2 Å². The molecule has 2 amide bonds. The fourth-order valence-electron chi connectivity index (χ4n) is 2.44. The number of amides is 2. The van der Waals surface area contributed by atoms with Crippen LogP contribution in [-0.2, 0) is 60.8 Å². The molecule has 2 aliphatic rings. The van der Waals surface area contributed by atoms with Gasteiger partial charge < -0.3 is 37.4 Å². The van der Waals surface area contributed by atoms with Crippen LogP contribution < -0.4 is 0 Å². The molecule has 0 aromatic heterocycles. The van der Waals surface area contributed by atoms with E-state index in [0.717, 1.165) is 0 Å². The summed E-state index contributed by atoms with van der Waals surface area (Å²) < 4.78 is 30.7. The third kappa shape index (κ3) is 11.4. The summed E-state index contributed by atoms with van der Waals surface area (Å²) in [5, 5.41) is 0. The van der Waals surface area contributed by atoms with Gasteiger partial charge in [0.05, 0.1) is 37.9 Å². The second kappa shape index (κ2) is 16.4. The molecule has 0 saturated carbocycles. The van der Waals surface area contributed by atoms with Crippen molar-refractivity contribution in [2.75, 3.05) is 92.6 Å². The molecule has 32 heavy (non-hydrogen) atoms. The van der Waals surface area contributed by atoms with E-state index in [2.05, 4.69) is 0 Å². The van der Waals surface area contributed by atoms with Crippen LogP contribution in [0.25, 0.3) is 0 Å². The second-order valence-electron chi connectivity index (χ2n) is 6.16. The molecule has 0 radical (unpaired) electrons. The summed E-state index contributed by atoms with van der Waals surface area (Å²) in [6.45, 7) is 5.06. The lowest BCUT2D eigenvalue weighted by Gasteiger charge is -2.27. The molecular weight excluding hydrogens is 538 g/mol. The first kappa shape index (κ1) is 30.7. The maximum absolute atomic E-state index is 11.8. The molecule has 2 aliphatic heterocycles. The van der Waals surface area contributed by atoms with Crippen molar-refractivity contribution in [2.24, 2.45) is 0 Å². The smallest absolute Gasteiger partial charge is 0.247 e. The summed E-state index contributed by atoms with van der Waals surface area (Å²) in [7, 11) is 6.04. The Balaban J connectivity index is 0.000000320. The Kier molecular flexibility index (Phi) is 15.7. The van der Waals surface area contributed by atoms with Gasteiger partial charge in [0.1, 0.15) is 0 Å². The summed E-state index contributed by atoms with van der Waals surface area (Å²) >= 11 is 12.9. The maximum atomic E-state index is 11.8. The molecule has 2 rings (SSSR count). The van der Waals surface area contributed by atoms with E-state index in [1.165, 1.54) is 51.2 Å². The van der Waals surface area contributed by atoms with Gasteiger partial charge in [0.2, 0.25) is 23.2 Å². The van der Waals surface area contributed by atoms with Crippen molar-refractivity contribution in [3.8, 4) is 0 Å². The fraction of sp³-hybridized carbons (Fsp3) is 0.875. The predicted octanol–water partition coefficient (Wildman–Crippen LogP) is 2.19. The van der Waals surface area contributed by atoms with Gasteiger partial charge in [-0.25, -0.2) is 0 Å². The molecule has 0 aromatic carbocycles. The van der Waals surface area contributed by atoms with Gasteiger partial charge in [-0.15, -0.1) is 0 Å². The van der Waals surface area contributed by atoms with E-state index >= 15 is 0 Å². The van der Waals surface area contributed by atoms with Gasteiger partial charge >= 0.3 is 0 Å². The largest absolute Gasteiger partial charge is 0.378 e. The average Bonchev–Trinajstić information content (AvgIpc) is 2.86. The van der Waals surface area contributed by atoms with Gasteiger partial charge in [0.25, 0.3) is 0 Å². The molecule has 16 heteroatoms. The van der Waals surface area contributed by atoms with E-state index in [-0.39, 0.29) is 11.8 Å². The summed E-state index contributed by atoms with van der Waals surface area (Å²) in [4.78, 5) is 27.1. The van der Waals surface area contributed by atoms with Crippen molar-refractivity contribution in [1.82, 2.24) is 9.80 Å². The number of carbonyl (C=O) groups excluding carboxylic acids is 2. The SMILES string of the molecule is COP(=S)(OC)SCC(=O)N1CCOCC1.COP(=S)(OC)SCC(=O)N1CCOCC1. The van der Waals surface area contributed by atoms with Crippen molar-refractivity contribution in [1.29, 1.82) is 0 Å². The van der Waals surface area contributed by atoms with Gasteiger partial charge in [-0.05, 0) is 23.6 Å². The van der Waals surface area contributed by atoms with Gasteiger partial charge in [0, 0.05) is 54.6 Å². The third-order valence-corrected chi connectivity index (χ3v) is 15.6. The maximum Gasteiger partial charge on any atom is 0.247 e. The summed E-state index contributed by atoms with van der Waals surface area (Å²) in [5.74, 6) is 0.742. The average molecular weight is 571 g/mol. The summed E-state index contributed by atoms with van der Waals surface area (Å²) in [6, 6.07) is 0. The molecule has 2 fully saturated rings. The van der Waals surface area contributed by atoms with Crippen LogP contribution in [0.4, 0.5) is 0 Å². The predicted molar refractivity (Wildman–Crippen MR) is 136 cm³/mol. The molecule has 10 nitrogen and oxygen atoms in total. The zero-order valence-electron chi connectivity index (χ0n) is 18.8. The Bertz CT molecular complexity index is 606. The van der Waals surface area contributed by atoms with Crippen molar-refractivity contribution in [3.63, 3.8) is 0 Å². The molecular formula is C16H32N2O8P2S4. The first-order chi connectivity index (χ1) is 15.2. The highest BCUT2D eigenvalue weighted by Crippen LogP contribution is 2.60. The molecule has 0 unspecified atom stereocenters. The van der Waals surface area contributed by atoms with E-state index in [1.54, 1.807) is 9.80 Å². The van der Waals surface area contributed by atoms with Gasteiger partial charge in [-0.2, -0.15) is 0 Å². The Morgan fingerprint density at radius 2 is 1.00 bits per heavy atom. The number of ether oxygens (including phenoxy) is 2. The van der Waals surface area contributed by atoms with Crippen molar-refractivity contribution >= 4 is 69.6 Å². The number of carbonyl (C=O) groups is 2. The molecule has 2 heterocycles. The third-order valence-electron chi connectivity index (χ3n) is 4.31. The Labute approximate surface area is 208 Å². The normalized spacial score (nSPS) is 17.5. The van der Waals surface area contributed by atoms with Gasteiger partial charge in [-0.1, -0.05) is 22.8 Å². The topological polar surface area (TPSA) is 96.0 Å². The molecule has 188 valence electrons. The standard InChI is InChI=1S/2C8H16NO4PS2/c2*1-11-14(15,12-2)16-7-8(10)9-3-5-13-6-4-9/h2*3-7H2,1-2H3. The van der Waals surface area contributed by atoms with Gasteiger partial charge in [0.15, 0.2) is 0 Å². The molecule has 0 N–H and O–H groups in total. The van der Waals surface area contributed by atoms with E-state index < -0.39 is 11.4 Å². The molecule has 0 bridgehead atoms. The zero-order valence-corrected chi connectivity index (χ0v) is 23.8. The molecule has 0 atom stereocenters. The van der Waals surface area contributed by atoms with E-state index in [0.29, 0.717) is 64.1 Å². The second-order valence-corrected chi connectivity index (χ2v) is 19.2. The fourth-order valence-corrected chi connectivity index (χ4v) is 7.88. The quantitative estimate of drug-likeness (QED) is 0.360. The van der Waals surface area contributed by atoms with Crippen LogP contribution in [0, 0.1) is 0 Å². The number of rotatable bonds is 10. The van der Waals surface area contributed by atoms with Crippen LogP contribution in [0.2, 0.25) is 0 Å². The lowest BCUT2D eigenvalue weighted by molar-refractivity contribution is -0.133. The summed E-state index contributed by atoms with van der Waals surface area (Å²) in [5.41, 5.74) is -4.63. The molecule has 2 saturated heterocycles. The first-order valence-electron chi connectivity index (χ1n) is 9.65. The minimum absolute atomic E-state index is 0.0663. The number of nitrogens with zero attached hydrogens (tertiary/aromatic N) is 2. The van der Waals surface area contributed by atoms with E-state index in [9.17, 15) is 9.59 Å². The molecule has 0 aliphatic carbocycles. The van der Waals surface area contributed by atoms with Crippen molar-refractivity contribution in [3.05, 3.63) is 0 Å². The Morgan fingerprint density at radius 3 is 1.25 bits per heavy atom. The van der Waals surface area contributed by atoms with E-state index in [1.807, 2.05) is 0 Å². The zero-order chi connectivity index (χ0) is 24.0. The monoisotopic (exact) mass is 570 g/mol. The Morgan fingerprint density at radius 1 is 0.719 bits per heavy atom. The van der Waals surface area contributed by atoms with Gasteiger partial charge in [-0.3, -0.25) is 9.59 Å². The lowest BCUT2D eigenvalue weighted by Crippen LogP contribution is -2.41.